The van der Waals surface area contributed by atoms with E-state index < -0.39 is 0 Å². The summed E-state index contributed by atoms with van der Waals surface area (Å²) in [5.41, 5.74) is 0.233. The summed E-state index contributed by atoms with van der Waals surface area (Å²) >= 11 is 0. The van der Waals surface area contributed by atoms with Crippen LogP contribution in [0.4, 0.5) is 0 Å². The van der Waals surface area contributed by atoms with Crippen molar-refractivity contribution in [1.82, 2.24) is 10.6 Å². The Bertz CT molecular complexity index is 256. The Hall–Kier alpha value is -1.06. The maximum absolute atomic E-state index is 11.6. The molecule has 86 valence electrons. The van der Waals surface area contributed by atoms with Crippen LogP contribution in [0.15, 0.2) is 0 Å². The standard InChI is InChI=1S/C11H20N2O2/c1-11(2,3)4-5-12-10(15)8-6-9(14)13-7-8/h8H,4-7H2,1-3H3,(H,12,15)(H,13,14). The summed E-state index contributed by atoms with van der Waals surface area (Å²) in [6.07, 6.45) is 1.29. The molecule has 2 amide bonds. The van der Waals surface area contributed by atoms with Crippen LogP contribution >= 0.6 is 0 Å². The zero-order chi connectivity index (χ0) is 11.5. The molecule has 2 N–H and O–H groups in total. The highest BCUT2D eigenvalue weighted by molar-refractivity contribution is 5.89. The number of carbonyl (C=O) groups is 2. The third-order valence-corrected chi connectivity index (χ3v) is 2.52. The van der Waals surface area contributed by atoms with Crippen LogP contribution in [-0.4, -0.2) is 24.9 Å². The average molecular weight is 212 g/mol. The second-order valence-corrected chi connectivity index (χ2v) is 5.31. The van der Waals surface area contributed by atoms with Gasteiger partial charge in [0, 0.05) is 19.5 Å². The molecule has 1 rings (SSSR count). The van der Waals surface area contributed by atoms with Crippen LogP contribution < -0.4 is 10.6 Å². The number of rotatable bonds is 3. The fourth-order valence-electron chi connectivity index (χ4n) is 1.50. The van der Waals surface area contributed by atoms with Gasteiger partial charge in [-0.3, -0.25) is 9.59 Å². The maximum Gasteiger partial charge on any atom is 0.225 e. The van der Waals surface area contributed by atoms with E-state index in [0.29, 0.717) is 19.5 Å². The van der Waals surface area contributed by atoms with Gasteiger partial charge in [-0.15, -0.1) is 0 Å². The van der Waals surface area contributed by atoms with Crippen molar-refractivity contribution in [3.8, 4) is 0 Å². The number of amides is 2. The Labute approximate surface area is 90.8 Å². The van der Waals surface area contributed by atoms with Crippen molar-refractivity contribution in [2.45, 2.75) is 33.6 Å². The quantitative estimate of drug-likeness (QED) is 0.722. The fraction of sp³-hybridized carbons (Fsp3) is 0.818. The highest BCUT2D eigenvalue weighted by Gasteiger charge is 2.27. The van der Waals surface area contributed by atoms with Gasteiger partial charge in [0.15, 0.2) is 0 Å². The molecule has 1 heterocycles. The molecule has 0 saturated carbocycles. The lowest BCUT2D eigenvalue weighted by Crippen LogP contribution is -2.33. The van der Waals surface area contributed by atoms with Crippen molar-refractivity contribution in [2.24, 2.45) is 11.3 Å². The van der Waals surface area contributed by atoms with Gasteiger partial charge in [-0.2, -0.15) is 0 Å². The van der Waals surface area contributed by atoms with Gasteiger partial charge < -0.3 is 10.6 Å². The normalized spacial score (nSPS) is 21.3. The summed E-state index contributed by atoms with van der Waals surface area (Å²) in [7, 11) is 0. The molecule has 0 aromatic carbocycles. The van der Waals surface area contributed by atoms with Crippen LogP contribution in [-0.2, 0) is 9.59 Å². The van der Waals surface area contributed by atoms with Gasteiger partial charge in [0.25, 0.3) is 0 Å². The van der Waals surface area contributed by atoms with Crippen molar-refractivity contribution in [1.29, 1.82) is 0 Å². The molecule has 15 heavy (non-hydrogen) atoms. The van der Waals surface area contributed by atoms with Crippen LogP contribution in [0.2, 0.25) is 0 Å². The van der Waals surface area contributed by atoms with E-state index in [4.69, 9.17) is 0 Å². The van der Waals surface area contributed by atoms with E-state index in [9.17, 15) is 9.59 Å². The molecule has 0 aromatic heterocycles. The lowest BCUT2D eigenvalue weighted by molar-refractivity contribution is -0.126. The largest absolute Gasteiger partial charge is 0.356 e. The van der Waals surface area contributed by atoms with Crippen molar-refractivity contribution < 1.29 is 9.59 Å². The first-order valence-corrected chi connectivity index (χ1v) is 5.43. The summed E-state index contributed by atoms with van der Waals surface area (Å²) < 4.78 is 0. The molecule has 1 aliphatic rings. The van der Waals surface area contributed by atoms with Crippen molar-refractivity contribution in [2.75, 3.05) is 13.1 Å². The summed E-state index contributed by atoms with van der Waals surface area (Å²) in [5, 5.41) is 5.53. The molecule has 0 aromatic rings. The van der Waals surface area contributed by atoms with Crippen molar-refractivity contribution in [3.05, 3.63) is 0 Å². The minimum absolute atomic E-state index is 0.00222. The molecule has 4 nitrogen and oxygen atoms in total. The van der Waals surface area contributed by atoms with Crippen molar-refractivity contribution >= 4 is 11.8 Å². The maximum atomic E-state index is 11.6. The highest BCUT2D eigenvalue weighted by atomic mass is 16.2. The van der Waals surface area contributed by atoms with Gasteiger partial charge in [-0.05, 0) is 11.8 Å². The first kappa shape index (κ1) is 12.0. The van der Waals surface area contributed by atoms with Gasteiger partial charge in [0.2, 0.25) is 11.8 Å². The molecular formula is C11H20N2O2. The minimum Gasteiger partial charge on any atom is -0.356 e. The molecule has 1 atom stereocenters. The highest BCUT2D eigenvalue weighted by Crippen LogP contribution is 2.17. The van der Waals surface area contributed by atoms with Crippen LogP contribution in [0.5, 0.6) is 0 Å². The third-order valence-electron chi connectivity index (χ3n) is 2.52. The Morgan fingerprint density at radius 3 is 2.67 bits per heavy atom. The molecule has 1 fully saturated rings. The predicted molar refractivity (Wildman–Crippen MR) is 58.2 cm³/mol. The van der Waals surface area contributed by atoms with Crippen LogP contribution in [0.25, 0.3) is 0 Å². The van der Waals surface area contributed by atoms with Crippen molar-refractivity contribution in [3.63, 3.8) is 0 Å². The molecule has 4 heteroatoms. The average Bonchev–Trinajstić information content (AvgIpc) is 2.49. The topological polar surface area (TPSA) is 58.2 Å². The second kappa shape index (κ2) is 4.64. The van der Waals surface area contributed by atoms with Crippen LogP contribution in [0, 0.1) is 11.3 Å². The molecule has 0 bridgehead atoms. The molecule has 1 aliphatic heterocycles. The van der Waals surface area contributed by atoms with Crippen LogP contribution in [0.1, 0.15) is 33.6 Å². The van der Waals surface area contributed by atoms with Crippen LogP contribution in [0.3, 0.4) is 0 Å². The third kappa shape index (κ3) is 4.32. The molecule has 1 unspecified atom stereocenters. The number of hydrogen-bond acceptors (Lipinski definition) is 2. The van der Waals surface area contributed by atoms with E-state index in [2.05, 4.69) is 31.4 Å². The molecule has 0 aliphatic carbocycles. The van der Waals surface area contributed by atoms with Gasteiger partial charge in [0.05, 0.1) is 5.92 Å². The number of hydrogen-bond donors (Lipinski definition) is 2. The van der Waals surface area contributed by atoms with E-state index in [1.165, 1.54) is 0 Å². The summed E-state index contributed by atoms with van der Waals surface area (Å²) in [4.78, 5) is 22.5. The minimum atomic E-state index is -0.169. The Balaban J connectivity index is 2.22. The molecule has 0 radical (unpaired) electrons. The van der Waals surface area contributed by atoms with E-state index >= 15 is 0 Å². The Morgan fingerprint density at radius 2 is 2.20 bits per heavy atom. The van der Waals surface area contributed by atoms with E-state index in [1.807, 2.05) is 0 Å². The van der Waals surface area contributed by atoms with E-state index in [0.717, 1.165) is 6.42 Å². The lowest BCUT2D eigenvalue weighted by Gasteiger charge is -2.18. The van der Waals surface area contributed by atoms with Gasteiger partial charge >= 0.3 is 0 Å². The van der Waals surface area contributed by atoms with E-state index in [-0.39, 0.29) is 23.1 Å². The smallest absolute Gasteiger partial charge is 0.225 e. The summed E-state index contributed by atoms with van der Waals surface area (Å²) in [5.74, 6) is -0.193. The zero-order valence-electron chi connectivity index (χ0n) is 9.72. The SMILES string of the molecule is CC(C)(C)CCNC(=O)C1CNC(=O)C1. The Morgan fingerprint density at radius 1 is 1.53 bits per heavy atom. The summed E-state index contributed by atoms with van der Waals surface area (Å²) in [6.45, 7) is 7.59. The first-order chi connectivity index (χ1) is 6.88. The van der Waals surface area contributed by atoms with Gasteiger partial charge in [-0.25, -0.2) is 0 Å². The second-order valence-electron chi connectivity index (χ2n) is 5.31. The lowest BCUT2D eigenvalue weighted by atomic mass is 9.92. The van der Waals surface area contributed by atoms with Gasteiger partial charge in [0.1, 0.15) is 0 Å². The number of nitrogens with one attached hydrogen (secondary N) is 2. The first-order valence-electron chi connectivity index (χ1n) is 5.43. The monoisotopic (exact) mass is 212 g/mol. The van der Waals surface area contributed by atoms with E-state index in [1.54, 1.807) is 0 Å². The molecule has 1 saturated heterocycles. The number of carbonyl (C=O) groups excluding carboxylic acids is 2. The molecule has 0 spiro atoms. The molecular weight excluding hydrogens is 192 g/mol. The predicted octanol–water partition coefficient (Wildman–Crippen LogP) is 0.675. The Kier molecular flexibility index (Phi) is 3.72. The summed E-state index contributed by atoms with van der Waals surface area (Å²) in [6, 6.07) is 0. The zero-order valence-corrected chi connectivity index (χ0v) is 9.72. The van der Waals surface area contributed by atoms with Gasteiger partial charge in [-0.1, -0.05) is 20.8 Å². The fourth-order valence-corrected chi connectivity index (χ4v) is 1.50.